The average Bonchev–Trinajstić information content (AvgIpc) is 2.60. The van der Waals surface area contributed by atoms with Gasteiger partial charge in [-0.15, -0.1) is 0 Å². The monoisotopic (exact) mass is 215 g/mol. The minimum absolute atomic E-state index is 0.218. The van der Waals surface area contributed by atoms with E-state index in [1.54, 1.807) is 13.8 Å². The van der Waals surface area contributed by atoms with Gasteiger partial charge in [0.1, 0.15) is 6.10 Å². The van der Waals surface area contributed by atoms with Gasteiger partial charge in [0.25, 0.3) is 0 Å². The Bertz CT molecular complexity index is 302. The highest BCUT2D eigenvalue weighted by Crippen LogP contribution is 2.38. The van der Waals surface area contributed by atoms with E-state index < -0.39 is 30.3 Å². The summed E-state index contributed by atoms with van der Waals surface area (Å²) in [6.07, 6.45) is -1.55. The Morgan fingerprint density at radius 1 is 1.47 bits per heavy atom. The van der Waals surface area contributed by atoms with Crippen LogP contribution in [0, 0.1) is 0 Å². The second-order valence-corrected chi connectivity index (χ2v) is 4.02. The Morgan fingerprint density at radius 2 is 2.20 bits per heavy atom. The van der Waals surface area contributed by atoms with Crippen LogP contribution in [0.4, 0.5) is 0 Å². The van der Waals surface area contributed by atoms with Gasteiger partial charge in [-0.3, -0.25) is 0 Å². The number of ether oxygens (including phenoxy) is 3. The first-order chi connectivity index (χ1) is 7.07. The number of azide groups is 1. The van der Waals surface area contributed by atoms with Gasteiger partial charge >= 0.3 is 0 Å². The average molecular weight is 215 g/mol. The van der Waals surface area contributed by atoms with Gasteiger partial charge < -0.3 is 19.3 Å². The van der Waals surface area contributed by atoms with Gasteiger partial charge in [-0.2, -0.15) is 0 Å². The van der Waals surface area contributed by atoms with Crippen molar-refractivity contribution in [3.05, 3.63) is 10.4 Å². The van der Waals surface area contributed by atoms with Crippen LogP contribution in [0.3, 0.4) is 0 Å². The molecule has 0 aliphatic carbocycles. The van der Waals surface area contributed by atoms with Crippen LogP contribution in [0.5, 0.6) is 0 Å². The van der Waals surface area contributed by atoms with E-state index in [1.807, 2.05) is 0 Å². The second kappa shape index (κ2) is 3.62. The molecule has 2 aliphatic rings. The van der Waals surface area contributed by atoms with E-state index in [9.17, 15) is 0 Å². The van der Waals surface area contributed by atoms with Gasteiger partial charge in [0.05, 0.1) is 18.8 Å². The zero-order chi connectivity index (χ0) is 11.1. The molecule has 0 amide bonds. The molecule has 2 aliphatic heterocycles. The molecule has 84 valence electrons. The molecule has 1 N–H and O–H groups in total. The summed E-state index contributed by atoms with van der Waals surface area (Å²) in [6.45, 7) is 3.30. The van der Waals surface area contributed by atoms with E-state index in [1.165, 1.54) is 0 Å². The standard InChI is InChI=1S/C8H13N3O4/c1-8(2)14-6-5(10-11-9)4(3-12)13-7(6)15-8/h4-7,12H,3H2,1-2H3/t4?,5?,6-,7-/m1/s1. The van der Waals surface area contributed by atoms with Gasteiger partial charge in [-0.25, -0.2) is 0 Å². The third-order valence-electron chi connectivity index (χ3n) is 2.48. The quantitative estimate of drug-likeness (QED) is 0.413. The molecule has 0 spiro atoms. The van der Waals surface area contributed by atoms with Crippen molar-refractivity contribution in [1.82, 2.24) is 0 Å². The highest BCUT2D eigenvalue weighted by molar-refractivity contribution is 4.97. The summed E-state index contributed by atoms with van der Waals surface area (Å²) in [4.78, 5) is 2.72. The number of hydrogen-bond acceptors (Lipinski definition) is 5. The molecule has 4 atom stereocenters. The number of aliphatic hydroxyl groups is 1. The molecule has 2 fully saturated rings. The van der Waals surface area contributed by atoms with Crippen molar-refractivity contribution in [2.24, 2.45) is 5.11 Å². The normalized spacial score (nSPS) is 42.3. The Kier molecular flexibility index (Phi) is 2.57. The van der Waals surface area contributed by atoms with Crippen LogP contribution < -0.4 is 0 Å². The summed E-state index contributed by atoms with van der Waals surface area (Å²) in [7, 11) is 0. The molecule has 0 bridgehead atoms. The topological polar surface area (TPSA) is 96.7 Å². The molecule has 0 aromatic rings. The van der Waals surface area contributed by atoms with Crippen LogP contribution in [-0.4, -0.2) is 42.0 Å². The first kappa shape index (κ1) is 10.7. The lowest BCUT2D eigenvalue weighted by atomic mass is 10.1. The Labute approximate surface area is 86.6 Å². The number of nitrogens with zero attached hydrogens (tertiary/aromatic N) is 3. The van der Waals surface area contributed by atoms with E-state index in [0.29, 0.717) is 0 Å². The third-order valence-corrected chi connectivity index (χ3v) is 2.48. The Morgan fingerprint density at radius 3 is 2.80 bits per heavy atom. The summed E-state index contributed by atoms with van der Waals surface area (Å²) in [5, 5.41) is 12.6. The fourth-order valence-corrected chi connectivity index (χ4v) is 1.91. The molecular weight excluding hydrogens is 202 g/mol. The van der Waals surface area contributed by atoms with Crippen molar-refractivity contribution >= 4 is 0 Å². The molecule has 7 heteroatoms. The number of aliphatic hydroxyl groups excluding tert-OH is 1. The van der Waals surface area contributed by atoms with Gasteiger partial charge in [-0.1, -0.05) is 5.11 Å². The van der Waals surface area contributed by atoms with E-state index in [4.69, 9.17) is 24.8 Å². The van der Waals surface area contributed by atoms with Crippen LogP contribution in [0.15, 0.2) is 5.11 Å². The maximum Gasteiger partial charge on any atom is 0.188 e. The molecule has 2 unspecified atom stereocenters. The molecule has 2 heterocycles. The zero-order valence-electron chi connectivity index (χ0n) is 8.53. The zero-order valence-corrected chi connectivity index (χ0v) is 8.53. The second-order valence-electron chi connectivity index (χ2n) is 4.02. The summed E-state index contributed by atoms with van der Waals surface area (Å²) in [6, 6.07) is -0.535. The Balaban J connectivity index is 2.17. The molecule has 15 heavy (non-hydrogen) atoms. The van der Waals surface area contributed by atoms with Crippen molar-refractivity contribution in [1.29, 1.82) is 0 Å². The Hall–Kier alpha value is -0.850. The van der Waals surface area contributed by atoms with Crippen molar-refractivity contribution in [2.45, 2.75) is 44.2 Å². The lowest BCUT2D eigenvalue weighted by Crippen LogP contribution is -2.34. The van der Waals surface area contributed by atoms with Crippen LogP contribution in [0.25, 0.3) is 10.4 Å². The maximum atomic E-state index is 9.03. The molecule has 7 nitrogen and oxygen atoms in total. The fourth-order valence-electron chi connectivity index (χ4n) is 1.91. The minimum atomic E-state index is -0.737. The first-order valence-electron chi connectivity index (χ1n) is 4.73. The van der Waals surface area contributed by atoms with Crippen LogP contribution in [-0.2, 0) is 14.2 Å². The molecule has 2 rings (SSSR count). The molecule has 0 aromatic carbocycles. The highest BCUT2D eigenvalue weighted by atomic mass is 16.8. The third kappa shape index (κ3) is 1.80. The first-order valence-corrected chi connectivity index (χ1v) is 4.73. The lowest BCUT2D eigenvalue weighted by molar-refractivity contribution is -0.209. The number of hydrogen-bond donors (Lipinski definition) is 1. The minimum Gasteiger partial charge on any atom is -0.394 e. The summed E-state index contributed by atoms with van der Waals surface area (Å²) in [5.74, 6) is -0.737. The molecule has 0 aromatic heterocycles. The smallest absolute Gasteiger partial charge is 0.188 e. The maximum absolute atomic E-state index is 9.03. The summed E-state index contributed by atoms with van der Waals surface area (Å²) < 4.78 is 16.4. The molecule has 0 radical (unpaired) electrons. The largest absolute Gasteiger partial charge is 0.394 e. The van der Waals surface area contributed by atoms with Crippen molar-refractivity contribution in [3.63, 3.8) is 0 Å². The molecule has 0 saturated carbocycles. The van der Waals surface area contributed by atoms with Crippen molar-refractivity contribution in [3.8, 4) is 0 Å². The molecule has 2 saturated heterocycles. The number of rotatable bonds is 2. The predicted molar refractivity (Wildman–Crippen MR) is 48.7 cm³/mol. The van der Waals surface area contributed by atoms with Gasteiger partial charge in [-0.05, 0) is 19.4 Å². The summed E-state index contributed by atoms with van der Waals surface area (Å²) >= 11 is 0. The SMILES string of the molecule is CC1(C)O[C@H]2OC(CO)C(N=[N+]=[N-])[C@H]2O1. The van der Waals surface area contributed by atoms with Crippen molar-refractivity contribution < 1.29 is 19.3 Å². The van der Waals surface area contributed by atoms with E-state index >= 15 is 0 Å². The van der Waals surface area contributed by atoms with Crippen molar-refractivity contribution in [2.75, 3.05) is 6.61 Å². The van der Waals surface area contributed by atoms with Crippen LogP contribution >= 0.6 is 0 Å². The van der Waals surface area contributed by atoms with E-state index in [-0.39, 0.29) is 6.61 Å². The summed E-state index contributed by atoms with van der Waals surface area (Å²) in [5.41, 5.74) is 8.41. The number of fused-ring (bicyclic) bond motifs is 1. The lowest BCUT2D eigenvalue weighted by Gasteiger charge is -2.22. The van der Waals surface area contributed by atoms with E-state index in [0.717, 1.165) is 0 Å². The van der Waals surface area contributed by atoms with Gasteiger partial charge in [0.15, 0.2) is 12.1 Å². The van der Waals surface area contributed by atoms with Crippen LogP contribution in [0.2, 0.25) is 0 Å². The fraction of sp³-hybridized carbons (Fsp3) is 1.00. The van der Waals surface area contributed by atoms with Gasteiger partial charge in [0.2, 0.25) is 0 Å². The van der Waals surface area contributed by atoms with Crippen LogP contribution in [0.1, 0.15) is 13.8 Å². The van der Waals surface area contributed by atoms with Gasteiger partial charge in [0, 0.05) is 4.91 Å². The molecular formula is C8H13N3O4. The predicted octanol–water partition coefficient (Wildman–Crippen LogP) is 0.534. The van der Waals surface area contributed by atoms with E-state index in [2.05, 4.69) is 10.0 Å². The highest BCUT2D eigenvalue weighted by Gasteiger charge is 2.54.